The van der Waals surface area contributed by atoms with Crippen molar-refractivity contribution in [3.63, 3.8) is 0 Å². The number of aliphatic carboxylic acids is 1. The quantitative estimate of drug-likeness (QED) is 0.756. The molecule has 1 aromatic carbocycles. The first-order valence-corrected chi connectivity index (χ1v) is 6.99. The van der Waals surface area contributed by atoms with Gasteiger partial charge in [0.05, 0.1) is 4.90 Å². The summed E-state index contributed by atoms with van der Waals surface area (Å²) in [6.07, 6.45) is 2.58. The molecule has 0 amide bonds. The number of sulfone groups is 1. The summed E-state index contributed by atoms with van der Waals surface area (Å²) in [6, 6.07) is 3.29. The van der Waals surface area contributed by atoms with Crippen LogP contribution >= 0.6 is 0 Å². The second-order valence-electron chi connectivity index (χ2n) is 4.04. The Bertz CT molecular complexity index is 718. The molecule has 0 saturated carbocycles. The third-order valence-electron chi connectivity index (χ3n) is 2.71. The smallest absolute Gasteiger partial charge is 0.325 e. The number of nitrogens with one attached hydrogen (secondary N) is 1. The Kier molecular flexibility index (Phi) is 2.88. The van der Waals surface area contributed by atoms with Gasteiger partial charge in [0.15, 0.2) is 9.84 Å². The predicted octanol–water partition coefficient (Wildman–Crippen LogP) is 0.656. The van der Waals surface area contributed by atoms with E-state index in [1.54, 1.807) is 6.07 Å². The third kappa shape index (κ3) is 2.09. The van der Waals surface area contributed by atoms with Gasteiger partial charge < -0.3 is 15.8 Å². The first-order valence-electron chi connectivity index (χ1n) is 5.10. The van der Waals surface area contributed by atoms with E-state index in [4.69, 9.17) is 10.8 Å². The molecule has 0 radical (unpaired) electrons. The number of fused-ring (bicyclic) bond motifs is 1. The van der Waals surface area contributed by atoms with E-state index < -0.39 is 21.8 Å². The van der Waals surface area contributed by atoms with Gasteiger partial charge in [-0.1, -0.05) is 0 Å². The van der Waals surface area contributed by atoms with Crippen LogP contribution in [-0.2, 0) is 14.6 Å². The number of carbonyl (C=O) groups is 1. The van der Waals surface area contributed by atoms with Crippen LogP contribution in [0.2, 0.25) is 0 Å². The largest absolute Gasteiger partial charge is 0.480 e. The van der Waals surface area contributed by atoms with E-state index in [9.17, 15) is 13.2 Å². The molecule has 0 aliphatic rings. The van der Waals surface area contributed by atoms with Crippen LogP contribution in [0.25, 0.3) is 10.9 Å². The van der Waals surface area contributed by atoms with Crippen LogP contribution in [0, 0.1) is 0 Å². The highest BCUT2D eigenvalue weighted by atomic mass is 32.2. The second-order valence-corrected chi connectivity index (χ2v) is 6.06. The van der Waals surface area contributed by atoms with Gasteiger partial charge in [0, 0.05) is 28.9 Å². The number of hydrogen-bond acceptors (Lipinski definition) is 4. The zero-order valence-electron chi connectivity index (χ0n) is 9.54. The number of carboxylic acid groups (broad SMARTS) is 1. The Labute approximate surface area is 103 Å². The summed E-state index contributed by atoms with van der Waals surface area (Å²) in [6.45, 7) is 0. The molecule has 1 unspecified atom stereocenters. The molecule has 6 nitrogen and oxygen atoms in total. The molecule has 2 rings (SSSR count). The minimum atomic E-state index is -3.34. The van der Waals surface area contributed by atoms with Gasteiger partial charge in [-0.05, 0) is 18.2 Å². The van der Waals surface area contributed by atoms with E-state index >= 15 is 0 Å². The zero-order valence-corrected chi connectivity index (χ0v) is 10.4. The summed E-state index contributed by atoms with van der Waals surface area (Å²) in [4.78, 5) is 13.9. The van der Waals surface area contributed by atoms with Gasteiger partial charge in [-0.2, -0.15) is 0 Å². The lowest BCUT2D eigenvalue weighted by molar-refractivity contribution is -0.138. The molecule has 96 valence electrons. The molecule has 0 spiro atoms. The fourth-order valence-corrected chi connectivity index (χ4v) is 2.39. The zero-order chi connectivity index (χ0) is 13.5. The van der Waals surface area contributed by atoms with Crippen LogP contribution in [0.4, 0.5) is 0 Å². The van der Waals surface area contributed by atoms with Crippen molar-refractivity contribution < 1.29 is 18.3 Å². The van der Waals surface area contributed by atoms with Gasteiger partial charge in [-0.15, -0.1) is 0 Å². The van der Waals surface area contributed by atoms with E-state index in [1.807, 2.05) is 0 Å². The molecule has 1 heterocycles. The van der Waals surface area contributed by atoms with E-state index in [-0.39, 0.29) is 4.90 Å². The maximum Gasteiger partial charge on any atom is 0.325 e. The maximum absolute atomic E-state index is 11.5. The minimum absolute atomic E-state index is 0.133. The summed E-state index contributed by atoms with van der Waals surface area (Å²) in [5, 5.41) is 9.39. The molecule has 0 fully saturated rings. The van der Waals surface area contributed by atoms with Crippen molar-refractivity contribution in [2.24, 2.45) is 5.73 Å². The Balaban J connectivity index is 2.68. The van der Waals surface area contributed by atoms with Gasteiger partial charge in [0.1, 0.15) is 6.04 Å². The predicted molar refractivity (Wildman–Crippen MR) is 66.0 cm³/mol. The number of benzene rings is 1. The molecule has 2 aromatic rings. The summed E-state index contributed by atoms with van der Waals surface area (Å²) in [5.41, 5.74) is 6.55. The van der Waals surface area contributed by atoms with Crippen molar-refractivity contribution in [3.05, 3.63) is 30.0 Å². The van der Waals surface area contributed by atoms with Crippen LogP contribution in [-0.4, -0.2) is 30.7 Å². The number of aromatic nitrogens is 1. The Morgan fingerprint density at radius 3 is 2.67 bits per heavy atom. The number of rotatable bonds is 3. The number of carboxylic acids is 1. The molecule has 1 aromatic heterocycles. The second kappa shape index (κ2) is 4.11. The molecule has 18 heavy (non-hydrogen) atoms. The van der Waals surface area contributed by atoms with Gasteiger partial charge in [-0.3, -0.25) is 4.79 Å². The molecule has 4 N–H and O–H groups in total. The fraction of sp³-hybridized carbons (Fsp3) is 0.182. The van der Waals surface area contributed by atoms with E-state index in [0.717, 1.165) is 6.26 Å². The molecule has 7 heteroatoms. The van der Waals surface area contributed by atoms with Crippen LogP contribution in [0.3, 0.4) is 0 Å². The first kappa shape index (κ1) is 12.6. The average molecular weight is 268 g/mol. The van der Waals surface area contributed by atoms with Crippen LogP contribution < -0.4 is 5.73 Å². The van der Waals surface area contributed by atoms with Gasteiger partial charge in [0.2, 0.25) is 0 Å². The molecule has 0 saturated heterocycles. The Hall–Kier alpha value is -1.86. The molecule has 0 aliphatic carbocycles. The topological polar surface area (TPSA) is 113 Å². The standard InChI is InChI=1S/C11H12N2O4S/c1-18(16,17)6-2-3-9-7(4-6)8(5-13-9)10(12)11(14)15/h2-5,10,13H,12H2,1H3,(H,14,15). The average Bonchev–Trinajstić information content (AvgIpc) is 2.69. The molecule has 0 aliphatic heterocycles. The monoisotopic (exact) mass is 268 g/mol. The SMILES string of the molecule is CS(=O)(=O)c1ccc2[nH]cc(C(N)C(=O)O)c2c1. The van der Waals surface area contributed by atoms with Gasteiger partial charge in [0.25, 0.3) is 0 Å². The number of aromatic amines is 1. The summed E-state index contributed by atoms with van der Waals surface area (Å²) in [7, 11) is -3.34. The highest BCUT2D eigenvalue weighted by Gasteiger charge is 2.19. The van der Waals surface area contributed by atoms with E-state index in [2.05, 4.69) is 4.98 Å². The highest BCUT2D eigenvalue weighted by molar-refractivity contribution is 7.90. The third-order valence-corrected chi connectivity index (χ3v) is 3.82. The Morgan fingerprint density at radius 2 is 2.11 bits per heavy atom. The normalized spacial score (nSPS) is 13.7. The van der Waals surface area contributed by atoms with Crippen molar-refractivity contribution >= 4 is 26.7 Å². The molecular weight excluding hydrogens is 256 g/mol. The minimum Gasteiger partial charge on any atom is -0.480 e. The first-order chi connectivity index (χ1) is 8.30. The number of H-pyrrole nitrogens is 1. The van der Waals surface area contributed by atoms with Crippen molar-refractivity contribution in [2.75, 3.05) is 6.26 Å². The lowest BCUT2D eigenvalue weighted by Crippen LogP contribution is -2.20. The Morgan fingerprint density at radius 1 is 1.44 bits per heavy atom. The summed E-state index contributed by atoms with van der Waals surface area (Å²) >= 11 is 0. The highest BCUT2D eigenvalue weighted by Crippen LogP contribution is 2.25. The molecule has 1 atom stereocenters. The maximum atomic E-state index is 11.5. The summed E-state index contributed by atoms with van der Waals surface area (Å²) in [5.74, 6) is -1.17. The fourth-order valence-electron chi connectivity index (χ4n) is 1.74. The lowest BCUT2D eigenvalue weighted by atomic mass is 10.1. The number of hydrogen-bond donors (Lipinski definition) is 3. The van der Waals surface area contributed by atoms with Crippen LogP contribution in [0.5, 0.6) is 0 Å². The van der Waals surface area contributed by atoms with Crippen LogP contribution in [0.1, 0.15) is 11.6 Å². The van der Waals surface area contributed by atoms with Crippen molar-refractivity contribution in [3.8, 4) is 0 Å². The van der Waals surface area contributed by atoms with Crippen molar-refractivity contribution in [1.82, 2.24) is 4.98 Å². The summed E-state index contributed by atoms with van der Waals surface area (Å²) < 4.78 is 22.9. The van der Waals surface area contributed by atoms with Crippen molar-refractivity contribution in [2.45, 2.75) is 10.9 Å². The van der Waals surface area contributed by atoms with Crippen molar-refractivity contribution in [1.29, 1.82) is 0 Å². The lowest BCUT2D eigenvalue weighted by Gasteiger charge is -2.05. The van der Waals surface area contributed by atoms with Gasteiger partial charge >= 0.3 is 5.97 Å². The van der Waals surface area contributed by atoms with Gasteiger partial charge in [-0.25, -0.2) is 8.42 Å². The van der Waals surface area contributed by atoms with Crippen LogP contribution in [0.15, 0.2) is 29.3 Å². The number of nitrogens with two attached hydrogens (primary N) is 1. The molecular formula is C11H12N2O4S. The molecule has 0 bridgehead atoms. The van der Waals surface area contributed by atoms with E-state index in [1.165, 1.54) is 18.3 Å². The van der Waals surface area contributed by atoms with E-state index in [0.29, 0.717) is 16.5 Å².